The van der Waals surface area contributed by atoms with E-state index in [9.17, 15) is 4.79 Å². The number of benzene rings is 3. The van der Waals surface area contributed by atoms with Crippen LogP contribution in [0.4, 0.5) is 0 Å². The maximum atomic E-state index is 13.2. The molecule has 11 nitrogen and oxygen atoms in total. The lowest BCUT2D eigenvalue weighted by Crippen LogP contribution is -2.50. The van der Waals surface area contributed by atoms with Crippen LogP contribution < -0.4 is 24.7 Å². The summed E-state index contributed by atoms with van der Waals surface area (Å²) in [7, 11) is 3.82. The number of likely N-dealkylation sites (tertiary alicyclic amines) is 1. The third-order valence-corrected chi connectivity index (χ3v) is 9.53. The predicted octanol–water partition coefficient (Wildman–Crippen LogP) is 3.73. The van der Waals surface area contributed by atoms with Crippen molar-refractivity contribution in [1.29, 1.82) is 0 Å². The summed E-state index contributed by atoms with van der Waals surface area (Å²) in [4.78, 5) is 29.4. The lowest BCUT2D eigenvalue weighted by Gasteiger charge is -2.39. The molecule has 2 atom stereocenters. The molecule has 2 N–H and O–H groups in total. The van der Waals surface area contributed by atoms with Crippen molar-refractivity contribution in [3.8, 4) is 23.0 Å². The molecule has 3 aromatic rings. The van der Waals surface area contributed by atoms with E-state index in [4.69, 9.17) is 29.7 Å². The molecule has 3 aromatic carbocycles. The molecule has 0 bridgehead atoms. The number of piperazine rings is 1. The Morgan fingerprint density at radius 2 is 1.79 bits per heavy atom. The zero-order valence-corrected chi connectivity index (χ0v) is 27.3. The maximum Gasteiger partial charge on any atom is 0.280 e. The quantitative estimate of drug-likeness (QED) is 0.306. The van der Waals surface area contributed by atoms with Crippen LogP contribution in [0.2, 0.25) is 0 Å². The summed E-state index contributed by atoms with van der Waals surface area (Å²) >= 11 is 0. The average Bonchev–Trinajstić information content (AvgIpc) is 3.56. The van der Waals surface area contributed by atoms with Gasteiger partial charge in [-0.1, -0.05) is 18.2 Å². The van der Waals surface area contributed by atoms with Crippen LogP contribution >= 0.6 is 0 Å². The highest BCUT2D eigenvalue weighted by molar-refractivity contribution is 6.15. The molecular weight excluding hydrogens is 596 g/mol. The van der Waals surface area contributed by atoms with E-state index in [0.717, 1.165) is 73.2 Å². The minimum Gasteiger partial charge on any atom is -0.493 e. The van der Waals surface area contributed by atoms with Crippen molar-refractivity contribution >= 4 is 17.6 Å². The van der Waals surface area contributed by atoms with E-state index in [1.54, 1.807) is 7.11 Å². The number of rotatable bonds is 7. The van der Waals surface area contributed by atoms with Gasteiger partial charge in [-0.3, -0.25) is 14.7 Å². The molecule has 0 spiro atoms. The van der Waals surface area contributed by atoms with Gasteiger partial charge in [-0.2, -0.15) is 4.99 Å². The van der Waals surface area contributed by atoms with Crippen LogP contribution in [0.25, 0.3) is 0 Å². The molecule has 0 unspecified atom stereocenters. The predicted molar refractivity (Wildman–Crippen MR) is 180 cm³/mol. The number of likely N-dealkylation sites (N-methyl/N-ethyl adjacent to an activating group) is 1. The van der Waals surface area contributed by atoms with E-state index in [2.05, 4.69) is 34.0 Å². The number of aliphatic imine (C=N–C) groups is 2. The summed E-state index contributed by atoms with van der Waals surface area (Å²) in [6.07, 6.45) is 0.983. The van der Waals surface area contributed by atoms with Gasteiger partial charge in [0.15, 0.2) is 29.0 Å². The number of nitrogens with two attached hydrogens (primary N) is 1. The molecule has 0 aromatic heterocycles. The molecule has 0 saturated carbocycles. The Bertz CT molecular complexity index is 1700. The van der Waals surface area contributed by atoms with Crippen LogP contribution in [0.5, 0.6) is 23.0 Å². The van der Waals surface area contributed by atoms with Crippen molar-refractivity contribution in [3.63, 3.8) is 0 Å². The zero-order valence-electron chi connectivity index (χ0n) is 27.3. The van der Waals surface area contributed by atoms with E-state index < -0.39 is 0 Å². The van der Waals surface area contributed by atoms with E-state index in [1.165, 1.54) is 11.1 Å². The number of ether oxygens (including phenoxy) is 4. The molecular formula is C36H42N6O5. The smallest absolute Gasteiger partial charge is 0.280 e. The summed E-state index contributed by atoms with van der Waals surface area (Å²) in [5.74, 6) is 3.19. The van der Waals surface area contributed by atoms with Crippen molar-refractivity contribution in [2.75, 3.05) is 66.8 Å². The Kier molecular flexibility index (Phi) is 8.74. The van der Waals surface area contributed by atoms with Gasteiger partial charge in [0.2, 0.25) is 6.79 Å². The molecule has 0 radical (unpaired) electrons. The highest BCUT2D eigenvalue weighted by Crippen LogP contribution is 2.42. The van der Waals surface area contributed by atoms with Crippen LogP contribution in [-0.4, -0.2) is 105 Å². The molecule has 47 heavy (non-hydrogen) atoms. The van der Waals surface area contributed by atoms with Crippen LogP contribution in [-0.2, 0) is 6.54 Å². The monoisotopic (exact) mass is 638 g/mol. The summed E-state index contributed by atoms with van der Waals surface area (Å²) in [6, 6.07) is 18.0. The number of methoxy groups -OCH3 is 1. The minimum absolute atomic E-state index is 0.180. The van der Waals surface area contributed by atoms with Crippen molar-refractivity contribution in [2.24, 2.45) is 15.7 Å². The molecule has 2 saturated heterocycles. The molecule has 0 aliphatic carbocycles. The zero-order chi connectivity index (χ0) is 32.5. The van der Waals surface area contributed by atoms with Gasteiger partial charge in [-0.25, -0.2) is 0 Å². The number of piperidine rings is 1. The first-order chi connectivity index (χ1) is 22.9. The van der Waals surface area contributed by atoms with Gasteiger partial charge in [0.25, 0.3) is 5.91 Å². The van der Waals surface area contributed by atoms with E-state index in [0.29, 0.717) is 31.0 Å². The van der Waals surface area contributed by atoms with Gasteiger partial charge in [-0.05, 0) is 74.5 Å². The molecule has 4 aliphatic heterocycles. The second-order valence-corrected chi connectivity index (χ2v) is 12.5. The van der Waals surface area contributed by atoms with E-state index in [-0.39, 0.29) is 30.6 Å². The molecule has 11 heteroatoms. The Labute approximate surface area is 275 Å². The van der Waals surface area contributed by atoms with Crippen molar-refractivity contribution < 1.29 is 23.7 Å². The number of guanidine groups is 1. The lowest BCUT2D eigenvalue weighted by molar-refractivity contribution is 0.0999. The second-order valence-electron chi connectivity index (χ2n) is 12.5. The van der Waals surface area contributed by atoms with Gasteiger partial charge >= 0.3 is 0 Å². The topological polar surface area (TPSA) is 114 Å². The first-order valence-corrected chi connectivity index (χ1v) is 16.4. The second kappa shape index (κ2) is 13.2. The molecule has 2 fully saturated rings. The van der Waals surface area contributed by atoms with Crippen LogP contribution in [0.1, 0.15) is 51.9 Å². The van der Waals surface area contributed by atoms with Crippen LogP contribution in [0.15, 0.2) is 64.6 Å². The van der Waals surface area contributed by atoms with Gasteiger partial charge in [-0.15, -0.1) is 0 Å². The first-order valence-electron chi connectivity index (χ1n) is 16.4. The SMILES string of the molecule is CCOc1cc2c(cc1OC)C(c1ccc(C(=O)/N=C(/N)N3CCN(Cc4ccc5c(c4)OCO5)CC3)cc1)=N[C@@H]1CCN(C)C[C@H]21. The summed E-state index contributed by atoms with van der Waals surface area (Å²) in [5, 5.41) is 0. The highest BCUT2D eigenvalue weighted by Gasteiger charge is 2.36. The van der Waals surface area contributed by atoms with E-state index in [1.807, 2.05) is 54.3 Å². The number of carbonyl (C=O) groups is 1. The highest BCUT2D eigenvalue weighted by atomic mass is 16.7. The molecule has 7 rings (SSSR count). The summed E-state index contributed by atoms with van der Waals surface area (Å²) in [5.41, 5.74) is 12.1. The molecule has 4 heterocycles. The molecule has 1 amide bonds. The van der Waals surface area contributed by atoms with Crippen molar-refractivity contribution in [1.82, 2.24) is 14.7 Å². The maximum absolute atomic E-state index is 13.2. The fourth-order valence-electron chi connectivity index (χ4n) is 6.99. The van der Waals surface area contributed by atoms with Crippen molar-refractivity contribution in [3.05, 3.63) is 82.4 Å². The summed E-state index contributed by atoms with van der Waals surface area (Å²) in [6.45, 7) is 8.57. The third kappa shape index (κ3) is 6.37. The Hall–Kier alpha value is -4.61. The average molecular weight is 639 g/mol. The van der Waals surface area contributed by atoms with Crippen LogP contribution in [0.3, 0.4) is 0 Å². The Morgan fingerprint density at radius 1 is 1.00 bits per heavy atom. The number of fused-ring (bicyclic) bond motifs is 4. The lowest BCUT2D eigenvalue weighted by atomic mass is 9.79. The normalized spacial score (nSPS) is 21.1. The van der Waals surface area contributed by atoms with Crippen LogP contribution in [0, 0.1) is 0 Å². The molecule has 246 valence electrons. The van der Waals surface area contributed by atoms with Gasteiger partial charge in [0, 0.05) is 61.9 Å². The Morgan fingerprint density at radius 3 is 2.55 bits per heavy atom. The minimum atomic E-state index is -0.360. The largest absolute Gasteiger partial charge is 0.493 e. The van der Waals surface area contributed by atoms with Gasteiger partial charge in [0.05, 0.1) is 25.5 Å². The van der Waals surface area contributed by atoms with Gasteiger partial charge < -0.3 is 34.5 Å². The first kappa shape index (κ1) is 31.0. The van der Waals surface area contributed by atoms with Crippen molar-refractivity contribution in [2.45, 2.75) is 31.8 Å². The number of carbonyl (C=O) groups excluding carboxylic acids is 1. The Balaban J connectivity index is 1.04. The standard InChI is InChI=1S/C36H42N6O5/c1-4-45-33-18-26-27(19-31(33)44-3)34(38-29-11-12-40(2)21-28(26)29)24-6-8-25(9-7-24)35(43)39-36(37)42-15-13-41(14-16-42)20-23-5-10-30-32(17-23)47-22-46-30/h5-10,17-19,28-29H,4,11-16,20-22H2,1-3H3,(H2,37,39,43)/t28-,29-/m1/s1. The fourth-order valence-corrected chi connectivity index (χ4v) is 6.99. The van der Waals surface area contributed by atoms with Gasteiger partial charge in [0.1, 0.15) is 0 Å². The number of nitrogens with zero attached hydrogens (tertiary/aromatic N) is 5. The molecule has 4 aliphatic rings. The third-order valence-electron chi connectivity index (χ3n) is 9.53. The fraction of sp³-hybridized carbons (Fsp3) is 0.417. The number of hydrogen-bond donors (Lipinski definition) is 1. The van der Waals surface area contributed by atoms with E-state index >= 15 is 0 Å². The number of hydrogen-bond acceptors (Lipinski definition) is 8. The summed E-state index contributed by atoms with van der Waals surface area (Å²) < 4.78 is 22.6. The number of amides is 1.